The predicted octanol–water partition coefficient (Wildman–Crippen LogP) is 7.81. The molecule has 3 heteroatoms. The van der Waals surface area contributed by atoms with Crippen LogP contribution in [0, 0.1) is 51.2 Å². The van der Waals surface area contributed by atoms with E-state index in [1.165, 1.54) is 11.1 Å². The lowest BCUT2D eigenvalue weighted by Crippen LogP contribution is -2.54. The Morgan fingerprint density at radius 2 is 1.80 bits per heavy atom. The minimum absolute atomic E-state index is 0.0158. The van der Waals surface area contributed by atoms with Gasteiger partial charge in [0.1, 0.15) is 0 Å². The highest BCUT2D eigenvalue weighted by Crippen LogP contribution is 2.72. The van der Waals surface area contributed by atoms with Crippen molar-refractivity contribution >= 4 is 5.97 Å². The van der Waals surface area contributed by atoms with Crippen molar-refractivity contribution in [2.24, 2.45) is 51.2 Å². The van der Waals surface area contributed by atoms with Gasteiger partial charge in [-0.3, -0.25) is 4.79 Å². The highest BCUT2D eigenvalue weighted by atomic mass is 16.4. The molecule has 2 saturated carbocycles. The number of carboxylic acid groups (broad SMARTS) is 1. The molecule has 0 unspecified atom stereocenters. The van der Waals surface area contributed by atoms with E-state index >= 15 is 0 Å². The van der Waals surface area contributed by atoms with Crippen molar-refractivity contribution in [1.82, 2.24) is 0 Å². The molecule has 0 amide bonds. The molecule has 0 saturated heterocycles. The molecule has 4 aliphatic rings. The summed E-state index contributed by atoms with van der Waals surface area (Å²) < 4.78 is 0. The van der Waals surface area contributed by atoms with Crippen LogP contribution in [0.2, 0.25) is 0 Å². The fourth-order valence-corrected chi connectivity index (χ4v) is 9.46. The maximum absolute atomic E-state index is 12.7. The Morgan fingerprint density at radius 3 is 2.40 bits per heavy atom. The topological polar surface area (TPSA) is 57.5 Å². The highest BCUT2D eigenvalue weighted by molar-refractivity contribution is 5.71. The minimum atomic E-state index is -0.633. The molecule has 2 N–H and O–H groups in total. The molecular formula is C32H50O3. The largest absolute Gasteiger partial charge is 0.481 e. The summed E-state index contributed by atoms with van der Waals surface area (Å²) in [7, 11) is 0. The first-order chi connectivity index (χ1) is 16.1. The molecule has 8 atom stereocenters. The zero-order valence-electron chi connectivity index (χ0n) is 23.6. The maximum atomic E-state index is 12.7. The smallest absolute Gasteiger partial charge is 0.306 e. The Labute approximate surface area is 214 Å². The second kappa shape index (κ2) is 8.61. The molecule has 0 radical (unpaired) electrons. The normalized spacial score (nSPS) is 42.9. The average Bonchev–Trinajstić information content (AvgIpc) is 2.97. The summed E-state index contributed by atoms with van der Waals surface area (Å²) >= 11 is 0. The minimum Gasteiger partial charge on any atom is -0.481 e. The molecule has 3 nitrogen and oxygen atoms in total. The van der Waals surface area contributed by atoms with Crippen molar-refractivity contribution in [1.29, 1.82) is 0 Å². The van der Waals surface area contributed by atoms with E-state index in [9.17, 15) is 15.0 Å². The Hall–Kier alpha value is -1.35. The van der Waals surface area contributed by atoms with Gasteiger partial charge in [-0.1, -0.05) is 79.7 Å². The second-order valence-electron chi connectivity index (χ2n) is 14.3. The maximum Gasteiger partial charge on any atom is 0.306 e. The van der Waals surface area contributed by atoms with E-state index in [2.05, 4.69) is 74.1 Å². The first kappa shape index (κ1) is 26.7. The molecule has 35 heavy (non-hydrogen) atoms. The third kappa shape index (κ3) is 3.73. The number of rotatable bonds is 6. The van der Waals surface area contributed by atoms with Gasteiger partial charge in [0.05, 0.1) is 12.0 Å². The summed E-state index contributed by atoms with van der Waals surface area (Å²) in [5, 5.41) is 21.3. The molecule has 0 bridgehead atoms. The fraction of sp³-hybridized carbons (Fsp3) is 0.781. The van der Waals surface area contributed by atoms with Gasteiger partial charge in [-0.2, -0.15) is 0 Å². The summed E-state index contributed by atoms with van der Waals surface area (Å²) in [5.41, 5.74) is 4.07. The van der Waals surface area contributed by atoms with Gasteiger partial charge in [0.15, 0.2) is 0 Å². The van der Waals surface area contributed by atoms with Gasteiger partial charge in [0, 0.05) is 0 Å². The number of hydrogen-bond acceptors (Lipinski definition) is 2. The van der Waals surface area contributed by atoms with Crippen molar-refractivity contribution in [3.63, 3.8) is 0 Å². The van der Waals surface area contributed by atoms with Crippen LogP contribution in [0.4, 0.5) is 0 Å². The van der Waals surface area contributed by atoms with Gasteiger partial charge >= 0.3 is 5.97 Å². The number of aliphatic hydroxyl groups excluding tert-OH is 1. The number of aliphatic hydroxyl groups is 1. The van der Waals surface area contributed by atoms with E-state index < -0.39 is 5.97 Å². The van der Waals surface area contributed by atoms with Crippen LogP contribution in [0.25, 0.3) is 0 Å². The lowest BCUT2D eigenvalue weighted by molar-refractivity contribution is -0.147. The van der Waals surface area contributed by atoms with Gasteiger partial charge < -0.3 is 10.2 Å². The highest BCUT2D eigenvalue weighted by Gasteiger charge is 2.65. The van der Waals surface area contributed by atoms with Crippen LogP contribution in [-0.4, -0.2) is 22.3 Å². The van der Waals surface area contributed by atoms with Crippen LogP contribution in [-0.2, 0) is 4.79 Å². The number of carboxylic acids is 1. The average molecular weight is 483 g/mol. The lowest BCUT2D eigenvalue weighted by Gasteiger charge is -2.61. The standard InChI is InChI=1S/C32H50O3/c1-19(2)20(3)10-11-22(28(34)35)27-21(4)18-32(9)24-12-13-25-29(5,6)26(33)15-16-30(25,7)23(24)14-17-31(27,32)8/h12,14,19,21-22,25-27,33H,3,10-11,13,15-18H2,1-2,4-9H3,(H,34,35)/t21-,22-,25+,26+,27-,30-,31-,32+/m1/s1. The van der Waals surface area contributed by atoms with E-state index in [4.69, 9.17) is 0 Å². The van der Waals surface area contributed by atoms with Crippen LogP contribution in [0.5, 0.6) is 0 Å². The third-order valence-electron chi connectivity index (χ3n) is 11.9. The van der Waals surface area contributed by atoms with Gasteiger partial charge in [-0.15, -0.1) is 0 Å². The van der Waals surface area contributed by atoms with Crippen molar-refractivity contribution in [2.45, 2.75) is 106 Å². The van der Waals surface area contributed by atoms with Crippen molar-refractivity contribution < 1.29 is 15.0 Å². The Kier molecular flexibility index (Phi) is 6.57. The molecule has 0 spiro atoms. The Morgan fingerprint density at radius 1 is 1.14 bits per heavy atom. The zero-order chi connectivity index (χ0) is 26.1. The van der Waals surface area contributed by atoms with Crippen LogP contribution >= 0.6 is 0 Å². The lowest BCUT2D eigenvalue weighted by atomic mass is 9.44. The van der Waals surface area contributed by atoms with Gasteiger partial charge in [0.25, 0.3) is 0 Å². The molecule has 0 aliphatic heterocycles. The monoisotopic (exact) mass is 482 g/mol. The first-order valence-corrected chi connectivity index (χ1v) is 14.1. The molecule has 4 rings (SSSR count). The van der Waals surface area contributed by atoms with Crippen molar-refractivity contribution in [3.8, 4) is 0 Å². The molecule has 0 aromatic carbocycles. The van der Waals surface area contributed by atoms with Crippen LogP contribution in [0.1, 0.15) is 100 Å². The fourth-order valence-electron chi connectivity index (χ4n) is 9.46. The summed E-state index contributed by atoms with van der Waals surface area (Å²) in [6, 6.07) is 0. The number of hydrogen-bond donors (Lipinski definition) is 2. The zero-order valence-corrected chi connectivity index (χ0v) is 23.6. The summed E-state index contributed by atoms with van der Waals surface area (Å²) in [6.07, 6.45) is 11.2. The van der Waals surface area contributed by atoms with E-state index in [0.717, 1.165) is 44.1 Å². The van der Waals surface area contributed by atoms with E-state index in [1.54, 1.807) is 0 Å². The number of fused-ring (bicyclic) bond motifs is 5. The molecule has 2 fully saturated rings. The van der Waals surface area contributed by atoms with Gasteiger partial charge in [-0.05, 0) is 101 Å². The third-order valence-corrected chi connectivity index (χ3v) is 11.9. The van der Waals surface area contributed by atoms with E-state index in [1.807, 2.05) is 0 Å². The molecular weight excluding hydrogens is 432 g/mol. The summed E-state index contributed by atoms with van der Waals surface area (Å²) in [6.45, 7) is 22.6. The van der Waals surface area contributed by atoms with Gasteiger partial charge in [-0.25, -0.2) is 0 Å². The number of aliphatic carboxylic acids is 1. The second-order valence-corrected chi connectivity index (χ2v) is 14.3. The van der Waals surface area contributed by atoms with Crippen molar-refractivity contribution in [2.75, 3.05) is 0 Å². The molecule has 196 valence electrons. The van der Waals surface area contributed by atoms with Crippen molar-refractivity contribution in [3.05, 3.63) is 35.5 Å². The van der Waals surface area contributed by atoms with E-state index in [-0.39, 0.29) is 39.6 Å². The first-order valence-electron chi connectivity index (χ1n) is 14.1. The Bertz CT molecular complexity index is 954. The van der Waals surface area contributed by atoms with Crippen LogP contribution in [0.3, 0.4) is 0 Å². The molecule has 0 aromatic heterocycles. The Balaban J connectivity index is 1.72. The van der Waals surface area contributed by atoms with Crippen LogP contribution in [0.15, 0.2) is 35.5 Å². The number of carbonyl (C=O) groups is 1. The quantitative estimate of drug-likeness (QED) is 0.380. The molecule has 4 aliphatic carbocycles. The molecule has 0 aromatic rings. The van der Waals surface area contributed by atoms with Crippen LogP contribution < -0.4 is 0 Å². The van der Waals surface area contributed by atoms with Gasteiger partial charge in [0.2, 0.25) is 0 Å². The summed E-state index contributed by atoms with van der Waals surface area (Å²) in [4.78, 5) is 12.7. The molecule has 0 heterocycles. The number of allylic oxidation sites excluding steroid dienone is 5. The SMILES string of the molecule is C=C(CC[C@@H](C(=O)O)[C@H]1[C@H](C)C[C@@]2(C)C3=CC[C@H]4C(C)(C)[C@@H](O)CC[C@]4(C)C3=CC[C@]12C)C(C)C. The summed E-state index contributed by atoms with van der Waals surface area (Å²) in [5.74, 6) is 0.377. The van der Waals surface area contributed by atoms with E-state index in [0.29, 0.717) is 24.2 Å². The predicted molar refractivity (Wildman–Crippen MR) is 144 cm³/mol.